The van der Waals surface area contributed by atoms with Gasteiger partial charge in [-0.1, -0.05) is 18.2 Å². The number of fused-ring (bicyclic) bond motifs is 1. The van der Waals surface area contributed by atoms with Crippen LogP contribution in [0.5, 0.6) is 0 Å². The Kier molecular flexibility index (Phi) is 3.67. The van der Waals surface area contributed by atoms with Crippen molar-refractivity contribution in [2.75, 3.05) is 18.4 Å². The molecule has 4 unspecified atom stereocenters. The van der Waals surface area contributed by atoms with Crippen molar-refractivity contribution < 1.29 is 9.53 Å². The number of anilines is 1. The zero-order valence-corrected chi connectivity index (χ0v) is 13.6. The van der Waals surface area contributed by atoms with Crippen molar-refractivity contribution in [3.05, 3.63) is 36.0 Å². The fourth-order valence-electron chi connectivity index (χ4n) is 4.62. The van der Waals surface area contributed by atoms with Gasteiger partial charge in [-0.3, -0.25) is 0 Å². The third-order valence-corrected chi connectivity index (χ3v) is 5.85. The first kappa shape index (κ1) is 14.8. The van der Waals surface area contributed by atoms with Gasteiger partial charge in [0.25, 0.3) is 0 Å². The minimum absolute atomic E-state index is 0.0551. The van der Waals surface area contributed by atoms with Crippen molar-refractivity contribution in [1.29, 1.82) is 0 Å². The molecule has 0 aliphatic carbocycles. The van der Waals surface area contributed by atoms with Gasteiger partial charge >= 0.3 is 0 Å². The predicted octanol–water partition coefficient (Wildman–Crippen LogP) is 2.85. The number of nitrogens with one attached hydrogen (secondary N) is 1. The summed E-state index contributed by atoms with van der Waals surface area (Å²) in [6.45, 7) is 3.89. The smallest absolute Gasteiger partial charge is 0.146 e. The molecule has 3 saturated heterocycles. The molecule has 122 valence electrons. The topological polar surface area (TPSA) is 41.6 Å². The number of piperidine rings is 1. The van der Waals surface area contributed by atoms with Gasteiger partial charge in [-0.15, -0.1) is 0 Å². The number of carbonyl (C=O) groups excluding carboxylic acids is 1. The van der Waals surface area contributed by atoms with Crippen molar-refractivity contribution in [2.45, 2.75) is 50.4 Å². The van der Waals surface area contributed by atoms with Crippen molar-refractivity contribution in [3.63, 3.8) is 0 Å². The highest BCUT2D eigenvalue weighted by Gasteiger charge is 2.58. The highest BCUT2D eigenvalue weighted by atomic mass is 16.5. The summed E-state index contributed by atoms with van der Waals surface area (Å²) in [4.78, 5) is 13.9. The molecule has 0 aromatic heterocycles. The molecule has 1 N–H and O–H groups in total. The second-order valence-electron chi connectivity index (χ2n) is 7.16. The third-order valence-electron chi connectivity index (χ3n) is 5.85. The van der Waals surface area contributed by atoms with Crippen LogP contribution in [0.15, 0.2) is 36.0 Å². The van der Waals surface area contributed by atoms with Crippen LogP contribution in [0.4, 0.5) is 5.69 Å². The summed E-state index contributed by atoms with van der Waals surface area (Å²) in [6, 6.07) is 10.5. The van der Waals surface area contributed by atoms with E-state index in [0.717, 1.165) is 50.2 Å². The van der Waals surface area contributed by atoms with Gasteiger partial charge in [0.2, 0.25) is 0 Å². The molecule has 1 aromatic rings. The van der Waals surface area contributed by atoms with E-state index in [0.29, 0.717) is 6.10 Å². The first-order chi connectivity index (χ1) is 11.2. The Morgan fingerprint density at radius 1 is 1.39 bits per heavy atom. The molecule has 4 heteroatoms. The van der Waals surface area contributed by atoms with Gasteiger partial charge in [-0.05, 0) is 44.7 Å². The summed E-state index contributed by atoms with van der Waals surface area (Å²) in [5.74, 6) is 2.53. The summed E-state index contributed by atoms with van der Waals surface area (Å²) in [5, 5.41) is 3.46. The Balaban J connectivity index is 1.45. The summed E-state index contributed by atoms with van der Waals surface area (Å²) in [7, 11) is 0. The molecule has 4 rings (SSSR count). The maximum atomic E-state index is 11.7. The van der Waals surface area contributed by atoms with Gasteiger partial charge in [0.15, 0.2) is 0 Å². The molecule has 3 heterocycles. The fourth-order valence-corrected chi connectivity index (χ4v) is 4.62. The molecule has 4 nitrogen and oxygen atoms in total. The standard InChI is InChI=1S/C19H24N2O2/c1-14(12-20-15-5-3-2-4-6-15)21-10-9-19-8-7-16(23-19)11-17(19)18(21)13-22/h2-6,14,16-17,20H,7-12H2,1H3. The predicted molar refractivity (Wildman–Crippen MR) is 89.9 cm³/mol. The van der Waals surface area contributed by atoms with E-state index in [-0.39, 0.29) is 17.6 Å². The maximum absolute atomic E-state index is 11.7. The molecule has 0 amide bonds. The zero-order valence-electron chi connectivity index (χ0n) is 13.6. The van der Waals surface area contributed by atoms with E-state index in [9.17, 15) is 4.79 Å². The van der Waals surface area contributed by atoms with Crippen molar-refractivity contribution in [1.82, 2.24) is 4.90 Å². The van der Waals surface area contributed by atoms with Gasteiger partial charge in [-0.25, -0.2) is 4.79 Å². The molecule has 2 bridgehead atoms. The minimum atomic E-state index is -0.0551. The highest BCUT2D eigenvalue weighted by molar-refractivity contribution is 5.55. The molecule has 23 heavy (non-hydrogen) atoms. The second kappa shape index (κ2) is 5.70. The van der Waals surface area contributed by atoms with E-state index in [4.69, 9.17) is 4.74 Å². The Hall–Kier alpha value is -1.77. The monoisotopic (exact) mass is 312 g/mol. The number of nitrogens with zero attached hydrogens (tertiary/aromatic N) is 1. The Morgan fingerprint density at radius 2 is 2.22 bits per heavy atom. The number of ether oxygens (including phenoxy) is 1. The number of rotatable bonds is 4. The Labute approximate surface area is 137 Å². The van der Waals surface area contributed by atoms with E-state index in [2.05, 4.69) is 35.2 Å². The van der Waals surface area contributed by atoms with Crippen LogP contribution in [0, 0.1) is 5.92 Å². The van der Waals surface area contributed by atoms with Crippen LogP contribution in [-0.2, 0) is 9.53 Å². The fraction of sp³-hybridized carbons (Fsp3) is 0.579. The largest absolute Gasteiger partial charge is 0.383 e. The van der Waals surface area contributed by atoms with Crippen LogP contribution in [-0.4, -0.2) is 41.7 Å². The third kappa shape index (κ3) is 2.46. The Bertz CT molecular complexity index is 626. The quantitative estimate of drug-likeness (QED) is 0.868. The van der Waals surface area contributed by atoms with Crippen molar-refractivity contribution in [3.8, 4) is 0 Å². The second-order valence-corrected chi connectivity index (χ2v) is 7.16. The number of hydrogen-bond donors (Lipinski definition) is 1. The van der Waals surface area contributed by atoms with Crippen LogP contribution < -0.4 is 5.32 Å². The van der Waals surface area contributed by atoms with Crippen LogP contribution in [0.1, 0.15) is 32.6 Å². The molecule has 4 atom stereocenters. The molecule has 0 saturated carbocycles. The lowest BCUT2D eigenvalue weighted by Crippen LogP contribution is -2.52. The van der Waals surface area contributed by atoms with Crippen LogP contribution in [0.3, 0.4) is 0 Å². The molecule has 1 aromatic carbocycles. The normalized spacial score (nSPS) is 33.3. The lowest BCUT2D eigenvalue weighted by atomic mass is 9.72. The van der Waals surface area contributed by atoms with Gasteiger partial charge < -0.3 is 15.0 Å². The van der Waals surface area contributed by atoms with Crippen LogP contribution in [0.2, 0.25) is 0 Å². The molecular weight excluding hydrogens is 288 g/mol. The first-order valence-corrected chi connectivity index (χ1v) is 8.70. The first-order valence-electron chi connectivity index (χ1n) is 8.70. The van der Waals surface area contributed by atoms with Gasteiger partial charge in [0, 0.05) is 30.7 Å². The average Bonchev–Trinajstić information content (AvgIpc) is 3.16. The molecule has 3 fully saturated rings. The van der Waals surface area contributed by atoms with Gasteiger partial charge in [0.05, 0.1) is 11.7 Å². The summed E-state index contributed by atoms with van der Waals surface area (Å²) in [5.41, 5.74) is 1.91. The molecule has 3 aliphatic heterocycles. The van der Waals surface area contributed by atoms with E-state index in [1.165, 1.54) is 0 Å². The van der Waals surface area contributed by atoms with E-state index in [1.54, 1.807) is 0 Å². The van der Waals surface area contributed by atoms with Gasteiger partial charge in [-0.2, -0.15) is 0 Å². The van der Waals surface area contributed by atoms with Crippen LogP contribution >= 0.6 is 0 Å². The van der Waals surface area contributed by atoms with Gasteiger partial charge in [0.1, 0.15) is 11.6 Å². The van der Waals surface area contributed by atoms with E-state index < -0.39 is 0 Å². The summed E-state index contributed by atoms with van der Waals surface area (Å²) < 4.78 is 6.21. The van der Waals surface area contributed by atoms with Crippen molar-refractivity contribution >= 4 is 11.6 Å². The minimum Gasteiger partial charge on any atom is -0.383 e. The molecule has 0 radical (unpaired) electrons. The SMILES string of the molecule is CC(CNc1ccccc1)N1CCC23CCC(CC2C1=C=O)O3. The summed E-state index contributed by atoms with van der Waals surface area (Å²) >= 11 is 0. The number of hydrogen-bond acceptors (Lipinski definition) is 4. The van der Waals surface area contributed by atoms with Crippen LogP contribution in [0.25, 0.3) is 0 Å². The average molecular weight is 312 g/mol. The number of para-hydroxylation sites is 1. The summed E-state index contributed by atoms with van der Waals surface area (Å²) in [6.07, 6.45) is 4.67. The lowest BCUT2D eigenvalue weighted by Gasteiger charge is -2.46. The van der Waals surface area contributed by atoms with E-state index in [1.807, 2.05) is 18.2 Å². The molecule has 3 aliphatic rings. The number of benzene rings is 1. The van der Waals surface area contributed by atoms with E-state index >= 15 is 0 Å². The highest BCUT2D eigenvalue weighted by Crippen LogP contribution is 2.54. The maximum Gasteiger partial charge on any atom is 0.146 e. The zero-order chi connectivity index (χ0) is 15.9. The number of likely N-dealkylation sites (tertiary alicyclic amines) is 1. The molecular formula is C19H24N2O2. The lowest BCUT2D eigenvalue weighted by molar-refractivity contribution is -0.0370. The Morgan fingerprint density at radius 3 is 2.96 bits per heavy atom. The van der Waals surface area contributed by atoms with Crippen molar-refractivity contribution in [2.24, 2.45) is 5.92 Å². The molecule has 1 spiro atoms.